The molecule has 0 radical (unpaired) electrons. The zero-order valence-electron chi connectivity index (χ0n) is 17.1. The molecule has 0 aliphatic carbocycles. The molecule has 0 aliphatic rings. The Labute approximate surface area is 188 Å². The van der Waals surface area contributed by atoms with Crippen molar-refractivity contribution in [3.63, 3.8) is 0 Å². The van der Waals surface area contributed by atoms with Crippen molar-refractivity contribution in [3.8, 4) is 16.2 Å². The van der Waals surface area contributed by atoms with Crippen molar-refractivity contribution in [1.82, 2.24) is 0 Å². The van der Waals surface area contributed by atoms with Gasteiger partial charge < -0.3 is 9.47 Å². The Balaban J connectivity index is 2.17. The molecule has 1 heterocycles. The highest BCUT2D eigenvalue weighted by Crippen LogP contribution is 2.37. The van der Waals surface area contributed by atoms with Gasteiger partial charge in [-0.05, 0) is 42.5 Å². The fourth-order valence-corrected chi connectivity index (χ4v) is 5.53. The predicted molar refractivity (Wildman–Crippen MR) is 118 cm³/mol. The van der Waals surface area contributed by atoms with Gasteiger partial charge in [0, 0.05) is 16.7 Å². The van der Waals surface area contributed by atoms with Crippen LogP contribution >= 0.6 is 11.3 Å². The Kier molecular flexibility index (Phi) is 6.58. The number of anilines is 1. The molecular formula is C20H18FNO7S3. The summed E-state index contributed by atoms with van der Waals surface area (Å²) in [5.74, 6) is -0.800. The highest BCUT2D eigenvalue weighted by Gasteiger charge is 2.24. The number of nitrogens with one attached hydrogen (secondary N) is 1. The van der Waals surface area contributed by atoms with Crippen molar-refractivity contribution in [2.45, 2.75) is 9.79 Å². The Hall–Kier alpha value is -2.96. The minimum Gasteiger partial charge on any atom is -0.495 e. The van der Waals surface area contributed by atoms with Gasteiger partial charge in [0.05, 0.1) is 30.4 Å². The first-order valence-corrected chi connectivity index (χ1v) is 13.0. The maximum Gasteiger partial charge on any atom is 0.337 e. The van der Waals surface area contributed by atoms with Crippen LogP contribution in [-0.4, -0.2) is 43.3 Å². The number of thiophene rings is 1. The van der Waals surface area contributed by atoms with Crippen LogP contribution in [0.3, 0.4) is 0 Å². The van der Waals surface area contributed by atoms with Gasteiger partial charge in [-0.15, -0.1) is 11.3 Å². The van der Waals surface area contributed by atoms with E-state index in [0.717, 1.165) is 36.8 Å². The summed E-state index contributed by atoms with van der Waals surface area (Å²) in [6, 6.07) is 10.2. The summed E-state index contributed by atoms with van der Waals surface area (Å²) in [6.07, 6.45) is 0.980. The molecule has 32 heavy (non-hydrogen) atoms. The smallest absolute Gasteiger partial charge is 0.337 e. The molecule has 0 bridgehead atoms. The Morgan fingerprint density at radius 1 is 1.00 bits per heavy atom. The third-order valence-corrected chi connectivity index (χ3v) is 7.78. The first-order valence-electron chi connectivity index (χ1n) is 8.85. The van der Waals surface area contributed by atoms with E-state index in [4.69, 9.17) is 4.74 Å². The number of ether oxygens (including phenoxy) is 2. The second-order valence-corrected chi connectivity index (χ2v) is 11.2. The highest BCUT2D eigenvalue weighted by atomic mass is 32.2. The number of rotatable bonds is 7. The Bertz CT molecular complexity index is 1400. The standard InChI is InChI=1S/C20H18FNO7S3/c1-28-16-7-4-12(20(23)29-2)10-18(16)32(26,27)22-15-11-13(31(3,24)25)5-6-14(15)17-8-9-19(21)30-17/h4-11,22H,1-3H3. The van der Waals surface area contributed by atoms with E-state index in [1.165, 1.54) is 43.5 Å². The fraction of sp³-hybridized carbons (Fsp3) is 0.150. The van der Waals surface area contributed by atoms with E-state index in [1.54, 1.807) is 0 Å². The second-order valence-electron chi connectivity index (χ2n) is 6.55. The first-order chi connectivity index (χ1) is 15.0. The molecule has 1 aromatic heterocycles. The maximum atomic E-state index is 13.6. The van der Waals surface area contributed by atoms with Crippen molar-refractivity contribution in [2.75, 3.05) is 25.2 Å². The monoisotopic (exact) mass is 499 g/mol. The molecule has 8 nitrogen and oxygen atoms in total. The summed E-state index contributed by atoms with van der Waals surface area (Å²) in [7, 11) is -5.62. The zero-order chi connectivity index (χ0) is 23.7. The number of hydrogen-bond donors (Lipinski definition) is 1. The molecule has 2 aromatic carbocycles. The predicted octanol–water partition coefficient (Wildman–Crippen LogP) is 3.55. The molecule has 3 rings (SSSR count). The molecule has 0 saturated carbocycles. The summed E-state index contributed by atoms with van der Waals surface area (Å²) in [4.78, 5) is 11.8. The average Bonchev–Trinajstić information content (AvgIpc) is 3.17. The third kappa shape index (κ3) is 4.92. The summed E-state index contributed by atoms with van der Waals surface area (Å²) in [6.45, 7) is 0. The van der Waals surface area contributed by atoms with Crippen molar-refractivity contribution in [3.05, 3.63) is 59.2 Å². The molecule has 0 atom stereocenters. The fourth-order valence-electron chi connectivity index (χ4n) is 2.84. The Morgan fingerprint density at radius 3 is 2.28 bits per heavy atom. The number of methoxy groups -OCH3 is 2. The van der Waals surface area contributed by atoms with E-state index in [2.05, 4.69) is 9.46 Å². The molecule has 3 aromatic rings. The van der Waals surface area contributed by atoms with Crippen molar-refractivity contribution >= 4 is 42.9 Å². The summed E-state index contributed by atoms with van der Waals surface area (Å²) < 4.78 is 76.2. The van der Waals surface area contributed by atoms with E-state index in [0.29, 0.717) is 4.88 Å². The SMILES string of the molecule is COC(=O)c1ccc(OC)c(S(=O)(=O)Nc2cc(S(C)(=O)=O)ccc2-c2ccc(F)s2)c1. The lowest BCUT2D eigenvalue weighted by Crippen LogP contribution is -2.16. The molecule has 12 heteroatoms. The number of hydrogen-bond acceptors (Lipinski definition) is 8. The summed E-state index contributed by atoms with van der Waals surface area (Å²) in [5, 5.41) is -0.492. The van der Waals surface area contributed by atoms with Crippen LogP contribution in [-0.2, 0) is 24.6 Å². The zero-order valence-corrected chi connectivity index (χ0v) is 19.5. The molecule has 0 unspecified atom stereocenters. The molecule has 0 spiro atoms. The van der Waals surface area contributed by atoms with Crippen LogP contribution in [0.2, 0.25) is 0 Å². The lowest BCUT2D eigenvalue weighted by atomic mass is 10.1. The van der Waals surface area contributed by atoms with Crippen LogP contribution in [0.15, 0.2) is 58.3 Å². The molecule has 0 saturated heterocycles. The van der Waals surface area contributed by atoms with Gasteiger partial charge in [0.1, 0.15) is 10.6 Å². The van der Waals surface area contributed by atoms with Crippen molar-refractivity contribution in [2.24, 2.45) is 0 Å². The van der Waals surface area contributed by atoms with Crippen LogP contribution in [0, 0.1) is 5.13 Å². The summed E-state index contributed by atoms with van der Waals surface area (Å²) in [5.41, 5.74) is 0.164. The third-order valence-electron chi connectivity index (χ3n) is 4.38. The number of halogens is 1. The first kappa shape index (κ1) is 23.7. The average molecular weight is 500 g/mol. The molecule has 0 amide bonds. The van der Waals surface area contributed by atoms with Crippen LogP contribution in [0.5, 0.6) is 5.75 Å². The lowest BCUT2D eigenvalue weighted by Gasteiger charge is -2.15. The second kappa shape index (κ2) is 8.88. The van der Waals surface area contributed by atoms with Gasteiger partial charge in [-0.3, -0.25) is 4.72 Å². The van der Waals surface area contributed by atoms with Gasteiger partial charge in [0.2, 0.25) is 0 Å². The molecule has 0 aliphatic heterocycles. The highest BCUT2D eigenvalue weighted by molar-refractivity contribution is 7.93. The molecule has 170 valence electrons. The number of sulfonamides is 1. The van der Waals surface area contributed by atoms with Crippen molar-refractivity contribution < 1.29 is 35.5 Å². The van der Waals surface area contributed by atoms with Crippen LogP contribution in [0.4, 0.5) is 10.1 Å². The normalized spacial score (nSPS) is 11.8. The van der Waals surface area contributed by atoms with Gasteiger partial charge in [-0.25, -0.2) is 21.6 Å². The van der Waals surface area contributed by atoms with Gasteiger partial charge in [-0.1, -0.05) is 6.07 Å². The summed E-state index contributed by atoms with van der Waals surface area (Å²) >= 11 is 0.770. The minimum atomic E-state index is -4.37. The molecule has 0 fully saturated rings. The molecule has 1 N–H and O–H groups in total. The van der Waals surface area contributed by atoms with Crippen LogP contribution < -0.4 is 9.46 Å². The number of benzene rings is 2. The molecular weight excluding hydrogens is 481 g/mol. The van der Waals surface area contributed by atoms with Gasteiger partial charge in [-0.2, -0.15) is 4.39 Å². The van der Waals surface area contributed by atoms with Crippen molar-refractivity contribution in [1.29, 1.82) is 0 Å². The van der Waals surface area contributed by atoms with Gasteiger partial charge in [0.25, 0.3) is 10.0 Å². The van der Waals surface area contributed by atoms with E-state index >= 15 is 0 Å². The van der Waals surface area contributed by atoms with E-state index < -0.39 is 31.0 Å². The van der Waals surface area contributed by atoms with Gasteiger partial charge >= 0.3 is 5.97 Å². The van der Waals surface area contributed by atoms with E-state index in [1.807, 2.05) is 0 Å². The van der Waals surface area contributed by atoms with Crippen LogP contribution in [0.25, 0.3) is 10.4 Å². The number of carbonyl (C=O) groups excluding carboxylic acids is 1. The van der Waals surface area contributed by atoms with Crippen LogP contribution in [0.1, 0.15) is 10.4 Å². The Morgan fingerprint density at radius 2 is 1.72 bits per heavy atom. The van der Waals surface area contributed by atoms with E-state index in [9.17, 15) is 26.0 Å². The number of esters is 1. The number of sulfone groups is 1. The maximum absolute atomic E-state index is 13.6. The van der Waals surface area contributed by atoms with Gasteiger partial charge in [0.15, 0.2) is 15.0 Å². The topological polar surface area (TPSA) is 116 Å². The minimum absolute atomic E-state index is 0.0286. The lowest BCUT2D eigenvalue weighted by molar-refractivity contribution is 0.0600. The largest absolute Gasteiger partial charge is 0.495 e. The van der Waals surface area contributed by atoms with E-state index in [-0.39, 0.29) is 32.4 Å². The number of carbonyl (C=O) groups is 1. The quantitative estimate of drug-likeness (QED) is 0.494.